The molecular formula is C31H31NO6S. The molecule has 39 heavy (non-hydrogen) atoms. The molecule has 0 fully saturated rings. The van der Waals surface area contributed by atoms with Crippen LogP contribution in [0.1, 0.15) is 41.0 Å². The van der Waals surface area contributed by atoms with Crippen molar-refractivity contribution in [3.8, 4) is 0 Å². The lowest BCUT2D eigenvalue weighted by molar-refractivity contribution is -0.169. The van der Waals surface area contributed by atoms with Gasteiger partial charge in [0.25, 0.3) is 10.0 Å². The lowest BCUT2D eigenvalue weighted by atomic mass is 9.78. The van der Waals surface area contributed by atoms with Gasteiger partial charge in [-0.05, 0) is 61.1 Å². The highest BCUT2D eigenvalue weighted by molar-refractivity contribution is 7.93. The van der Waals surface area contributed by atoms with Crippen molar-refractivity contribution >= 4 is 33.7 Å². The van der Waals surface area contributed by atoms with E-state index >= 15 is 0 Å². The van der Waals surface area contributed by atoms with Crippen molar-refractivity contribution in [3.05, 3.63) is 101 Å². The zero-order valence-electron chi connectivity index (χ0n) is 22.2. The van der Waals surface area contributed by atoms with Crippen molar-refractivity contribution in [1.29, 1.82) is 0 Å². The molecule has 0 unspecified atom stereocenters. The number of rotatable bonds is 6. The van der Waals surface area contributed by atoms with Gasteiger partial charge < -0.3 is 9.47 Å². The summed E-state index contributed by atoms with van der Waals surface area (Å²) >= 11 is 0. The topological polar surface area (TPSA) is 90.0 Å². The van der Waals surface area contributed by atoms with Crippen LogP contribution in [0, 0.1) is 12.3 Å². The van der Waals surface area contributed by atoms with E-state index in [2.05, 4.69) is 0 Å². The van der Waals surface area contributed by atoms with Crippen molar-refractivity contribution in [2.75, 3.05) is 18.5 Å². The minimum Gasteiger partial charge on any atom is -0.468 e. The van der Waals surface area contributed by atoms with Crippen LogP contribution in [-0.4, -0.2) is 40.6 Å². The minimum atomic E-state index is -3.94. The maximum Gasteiger partial charge on any atom is 0.323 e. The summed E-state index contributed by atoms with van der Waals surface area (Å²) in [6.45, 7) is 1.91. The zero-order valence-corrected chi connectivity index (χ0v) is 23.0. The summed E-state index contributed by atoms with van der Waals surface area (Å²) < 4.78 is 40.1. The first-order chi connectivity index (χ1) is 18.7. The van der Waals surface area contributed by atoms with Crippen LogP contribution in [0.3, 0.4) is 0 Å². The summed E-state index contributed by atoms with van der Waals surface area (Å²) in [6.07, 6.45) is 4.46. The van der Waals surface area contributed by atoms with Crippen molar-refractivity contribution < 1.29 is 27.5 Å². The lowest BCUT2D eigenvalue weighted by Gasteiger charge is -2.30. The van der Waals surface area contributed by atoms with Crippen LogP contribution in [0.5, 0.6) is 0 Å². The smallest absolute Gasteiger partial charge is 0.323 e. The van der Waals surface area contributed by atoms with Crippen LogP contribution in [0.2, 0.25) is 0 Å². The van der Waals surface area contributed by atoms with Crippen molar-refractivity contribution in [3.63, 3.8) is 0 Å². The molecular weight excluding hydrogens is 514 g/mol. The number of aryl methyl sites for hydroxylation is 1. The van der Waals surface area contributed by atoms with E-state index < -0.39 is 33.4 Å². The number of ether oxygens (including phenoxy) is 2. The molecule has 0 aromatic heterocycles. The normalized spacial score (nSPS) is 19.8. The van der Waals surface area contributed by atoms with E-state index in [4.69, 9.17) is 9.47 Å². The van der Waals surface area contributed by atoms with Crippen molar-refractivity contribution in [2.45, 2.75) is 43.0 Å². The zero-order chi connectivity index (χ0) is 27.8. The molecule has 7 nitrogen and oxygen atoms in total. The fourth-order valence-electron chi connectivity index (χ4n) is 5.92. The predicted molar refractivity (Wildman–Crippen MR) is 149 cm³/mol. The number of sulfonamides is 1. The van der Waals surface area contributed by atoms with Crippen LogP contribution >= 0.6 is 0 Å². The third-order valence-electron chi connectivity index (χ3n) is 7.85. The number of hydrogen-bond acceptors (Lipinski definition) is 6. The Labute approximate surface area is 229 Å². The SMILES string of the molecule is COC(=O)C1(C(=O)OC)CC[C@@H]2c3c(cccc3N(S(=O)(=O)c3ccc(C)cc3)[C@@H]2/C=C/c2ccccc2)C1. The summed E-state index contributed by atoms with van der Waals surface area (Å²) in [6, 6.07) is 21.4. The number of esters is 2. The molecule has 5 rings (SSSR count). The van der Waals surface area contributed by atoms with Gasteiger partial charge in [0, 0.05) is 5.92 Å². The van der Waals surface area contributed by atoms with Gasteiger partial charge in [-0.1, -0.05) is 72.3 Å². The molecule has 0 saturated carbocycles. The third-order valence-corrected chi connectivity index (χ3v) is 9.68. The molecule has 1 heterocycles. The number of benzene rings is 3. The van der Waals surface area contributed by atoms with E-state index in [-0.39, 0.29) is 23.7 Å². The summed E-state index contributed by atoms with van der Waals surface area (Å²) in [7, 11) is -1.41. The van der Waals surface area contributed by atoms with E-state index in [1.54, 1.807) is 36.4 Å². The molecule has 0 amide bonds. The number of methoxy groups -OCH3 is 2. The van der Waals surface area contributed by atoms with Crippen LogP contribution < -0.4 is 4.31 Å². The maximum absolute atomic E-state index is 14.2. The van der Waals surface area contributed by atoms with Crippen molar-refractivity contribution in [1.82, 2.24) is 0 Å². The first-order valence-corrected chi connectivity index (χ1v) is 14.3. The van der Waals surface area contributed by atoms with Gasteiger partial charge in [0.2, 0.25) is 0 Å². The highest BCUT2D eigenvalue weighted by Gasteiger charge is 2.54. The molecule has 2 atom stereocenters. The van der Waals surface area contributed by atoms with E-state index in [0.717, 1.165) is 22.3 Å². The molecule has 0 N–H and O–H groups in total. The Kier molecular flexibility index (Phi) is 7.07. The van der Waals surface area contributed by atoms with Gasteiger partial charge in [-0.2, -0.15) is 0 Å². The first kappa shape index (κ1) is 26.7. The molecule has 1 aliphatic heterocycles. The Morgan fingerprint density at radius 2 is 1.59 bits per heavy atom. The van der Waals surface area contributed by atoms with Gasteiger partial charge in [-0.25, -0.2) is 8.42 Å². The second-order valence-electron chi connectivity index (χ2n) is 10.1. The third kappa shape index (κ3) is 4.52. The molecule has 2 aliphatic rings. The molecule has 3 aromatic carbocycles. The van der Waals surface area contributed by atoms with Gasteiger partial charge in [0.05, 0.1) is 30.8 Å². The molecule has 8 heteroatoms. The average molecular weight is 546 g/mol. The second kappa shape index (κ2) is 10.3. The Hall–Kier alpha value is -3.91. The highest BCUT2D eigenvalue weighted by atomic mass is 32.2. The predicted octanol–water partition coefficient (Wildman–Crippen LogP) is 5.04. The van der Waals surface area contributed by atoms with Gasteiger partial charge in [0.1, 0.15) is 0 Å². The standard InChI is InChI=1S/C31H31NO6S/c1-21-12-15-24(16-13-21)39(35,36)32-26(17-14-22-8-5-4-6-9-22)25-18-19-31(29(33)37-2,30(34)38-3)20-23-10-7-11-27(32)28(23)25/h4-17,25-26H,18-20H2,1-3H3/b17-14+/t25-,26+/m0/s1. The minimum absolute atomic E-state index is 0.0690. The first-order valence-electron chi connectivity index (χ1n) is 12.9. The maximum atomic E-state index is 14.2. The largest absolute Gasteiger partial charge is 0.468 e. The number of anilines is 1. The van der Waals surface area contributed by atoms with Gasteiger partial charge in [-0.3, -0.25) is 13.9 Å². The molecule has 0 spiro atoms. The fourth-order valence-corrected chi connectivity index (χ4v) is 7.58. The van der Waals surface area contributed by atoms with Gasteiger partial charge >= 0.3 is 11.9 Å². The second-order valence-corrected chi connectivity index (χ2v) is 11.9. The monoisotopic (exact) mass is 545 g/mol. The van der Waals surface area contributed by atoms with Crippen LogP contribution in [0.25, 0.3) is 6.08 Å². The summed E-state index contributed by atoms with van der Waals surface area (Å²) in [4.78, 5) is 26.3. The highest BCUT2D eigenvalue weighted by Crippen LogP contribution is 2.53. The van der Waals surface area contributed by atoms with Crippen LogP contribution in [-0.2, 0) is 35.5 Å². The Balaban J connectivity index is 1.69. The molecule has 0 bridgehead atoms. The van der Waals surface area contributed by atoms with E-state index in [0.29, 0.717) is 12.1 Å². The van der Waals surface area contributed by atoms with Crippen LogP contribution in [0.4, 0.5) is 5.69 Å². The van der Waals surface area contributed by atoms with E-state index in [1.165, 1.54) is 18.5 Å². The number of nitrogens with zero attached hydrogens (tertiary/aromatic N) is 1. The number of carbonyl (C=O) groups excluding carboxylic acids is 2. The van der Waals surface area contributed by atoms with E-state index in [1.807, 2.05) is 55.5 Å². The molecule has 0 radical (unpaired) electrons. The number of hydrogen-bond donors (Lipinski definition) is 0. The Morgan fingerprint density at radius 3 is 2.23 bits per heavy atom. The quantitative estimate of drug-likeness (QED) is 0.319. The summed E-state index contributed by atoms with van der Waals surface area (Å²) in [5.74, 6) is -1.58. The van der Waals surface area contributed by atoms with Crippen LogP contribution in [0.15, 0.2) is 83.8 Å². The Morgan fingerprint density at radius 1 is 0.923 bits per heavy atom. The average Bonchev–Trinajstić information content (AvgIpc) is 3.17. The van der Waals surface area contributed by atoms with Gasteiger partial charge in [0.15, 0.2) is 5.41 Å². The molecule has 3 aromatic rings. The van der Waals surface area contributed by atoms with Gasteiger partial charge in [-0.15, -0.1) is 0 Å². The Bertz CT molecular complexity index is 1510. The van der Waals surface area contributed by atoms with Crippen molar-refractivity contribution in [2.24, 2.45) is 5.41 Å². The lowest BCUT2D eigenvalue weighted by Crippen LogP contribution is -2.43. The fraction of sp³-hybridized carbons (Fsp3) is 0.290. The van der Waals surface area contributed by atoms with E-state index in [9.17, 15) is 18.0 Å². The molecule has 1 aliphatic carbocycles. The summed E-state index contributed by atoms with van der Waals surface area (Å²) in [5.41, 5.74) is 2.54. The molecule has 0 saturated heterocycles. The number of carbonyl (C=O) groups is 2. The molecule has 202 valence electrons. The summed E-state index contributed by atoms with van der Waals surface area (Å²) in [5, 5.41) is 0.